The van der Waals surface area contributed by atoms with Crippen LogP contribution in [0.3, 0.4) is 0 Å². The number of rotatable bonds is 10. The smallest absolute Gasteiger partial charge is 0.223 e. The summed E-state index contributed by atoms with van der Waals surface area (Å²) in [4.78, 5) is 14.5. The molecule has 2 unspecified atom stereocenters. The van der Waals surface area contributed by atoms with Crippen LogP contribution in [-0.4, -0.2) is 22.9 Å². The summed E-state index contributed by atoms with van der Waals surface area (Å²) in [7, 11) is 0. The van der Waals surface area contributed by atoms with Crippen molar-refractivity contribution in [3.05, 3.63) is 0 Å². The van der Waals surface area contributed by atoms with E-state index in [4.69, 9.17) is 0 Å². The third kappa shape index (κ3) is 5.88. The Balaban J connectivity index is 4.78. The van der Waals surface area contributed by atoms with Gasteiger partial charge in [0.1, 0.15) is 0 Å². The first-order chi connectivity index (χ1) is 8.62. The predicted molar refractivity (Wildman–Crippen MR) is 79.7 cm³/mol. The Kier molecular flexibility index (Phi) is 10.1. The molecule has 0 spiro atoms. The van der Waals surface area contributed by atoms with Gasteiger partial charge in [0.05, 0.1) is 0 Å². The van der Waals surface area contributed by atoms with Crippen molar-refractivity contribution in [3.8, 4) is 0 Å². The van der Waals surface area contributed by atoms with Gasteiger partial charge in [0.25, 0.3) is 0 Å². The summed E-state index contributed by atoms with van der Waals surface area (Å²) in [6.07, 6.45) is 8.66. The van der Waals surface area contributed by atoms with Crippen LogP contribution in [0.2, 0.25) is 0 Å². The topological polar surface area (TPSA) is 20.3 Å². The molecule has 0 rings (SSSR count). The van der Waals surface area contributed by atoms with Gasteiger partial charge in [-0.15, -0.1) is 0 Å². The van der Waals surface area contributed by atoms with Crippen molar-refractivity contribution in [3.63, 3.8) is 0 Å². The van der Waals surface area contributed by atoms with Crippen LogP contribution in [0.5, 0.6) is 0 Å². The van der Waals surface area contributed by atoms with Gasteiger partial charge in [-0.2, -0.15) is 0 Å². The maximum atomic E-state index is 12.3. The van der Waals surface area contributed by atoms with Crippen molar-refractivity contribution >= 4 is 5.91 Å². The molecule has 18 heavy (non-hydrogen) atoms. The highest BCUT2D eigenvalue weighted by Gasteiger charge is 2.25. The first-order valence-electron chi connectivity index (χ1n) is 7.93. The van der Waals surface area contributed by atoms with Crippen molar-refractivity contribution < 1.29 is 4.79 Å². The molecular formula is C16H33NO. The van der Waals surface area contributed by atoms with E-state index in [-0.39, 0.29) is 0 Å². The van der Waals surface area contributed by atoms with Gasteiger partial charge in [-0.25, -0.2) is 0 Å². The predicted octanol–water partition coefficient (Wildman–Crippen LogP) is 4.77. The maximum absolute atomic E-state index is 12.3. The fourth-order valence-corrected chi connectivity index (χ4v) is 2.54. The Bertz CT molecular complexity index is 215. The molecule has 0 aromatic carbocycles. The highest BCUT2D eigenvalue weighted by atomic mass is 16.2. The van der Waals surface area contributed by atoms with E-state index < -0.39 is 0 Å². The van der Waals surface area contributed by atoms with Crippen molar-refractivity contribution in [2.75, 3.05) is 0 Å². The molecule has 0 aliphatic carbocycles. The molecule has 2 heteroatoms. The lowest BCUT2D eigenvalue weighted by molar-refractivity contribution is -0.136. The van der Waals surface area contributed by atoms with Gasteiger partial charge in [-0.3, -0.25) is 4.79 Å². The zero-order chi connectivity index (χ0) is 14.0. The van der Waals surface area contributed by atoms with Gasteiger partial charge in [-0.05, 0) is 32.6 Å². The van der Waals surface area contributed by atoms with Crippen molar-refractivity contribution in [1.29, 1.82) is 0 Å². The van der Waals surface area contributed by atoms with Gasteiger partial charge < -0.3 is 4.90 Å². The minimum absolute atomic E-state index is 0.362. The van der Waals surface area contributed by atoms with E-state index in [9.17, 15) is 4.79 Å². The second kappa shape index (κ2) is 10.4. The number of carbonyl (C=O) groups excluding carboxylic acids is 1. The largest absolute Gasteiger partial charge is 0.337 e. The second-order valence-corrected chi connectivity index (χ2v) is 5.39. The number of hydrogen-bond donors (Lipinski definition) is 0. The SMILES string of the molecule is CCCCC(CCC)N(C(=O)CCC)C(C)CC. The molecule has 0 aliphatic rings. The molecule has 2 nitrogen and oxygen atoms in total. The van der Waals surface area contributed by atoms with Crippen LogP contribution in [0, 0.1) is 0 Å². The number of carbonyl (C=O) groups is 1. The van der Waals surface area contributed by atoms with E-state index in [1.54, 1.807) is 0 Å². The lowest BCUT2D eigenvalue weighted by atomic mass is 10.00. The van der Waals surface area contributed by atoms with Crippen LogP contribution in [0.4, 0.5) is 0 Å². The first-order valence-corrected chi connectivity index (χ1v) is 7.93. The molecule has 0 fully saturated rings. The molecule has 0 aromatic heterocycles. The minimum atomic E-state index is 0.362. The zero-order valence-electron chi connectivity index (χ0n) is 13.2. The zero-order valence-corrected chi connectivity index (χ0v) is 13.2. The first kappa shape index (κ1) is 17.5. The summed E-state index contributed by atoms with van der Waals surface area (Å²) in [5, 5.41) is 0. The number of amides is 1. The van der Waals surface area contributed by atoms with Crippen molar-refractivity contribution in [2.24, 2.45) is 0 Å². The summed E-state index contributed by atoms with van der Waals surface area (Å²) in [5.41, 5.74) is 0. The van der Waals surface area contributed by atoms with Crippen LogP contribution in [0.15, 0.2) is 0 Å². The number of unbranched alkanes of at least 4 members (excludes halogenated alkanes) is 1. The highest BCUT2D eigenvalue weighted by molar-refractivity contribution is 5.76. The Labute approximate surface area is 114 Å². The molecule has 0 bridgehead atoms. The third-order valence-corrected chi connectivity index (χ3v) is 3.72. The lowest BCUT2D eigenvalue weighted by Crippen LogP contribution is -2.45. The molecule has 0 aromatic rings. The van der Waals surface area contributed by atoms with E-state index in [1.165, 1.54) is 25.7 Å². The van der Waals surface area contributed by atoms with E-state index >= 15 is 0 Å². The normalized spacial score (nSPS) is 14.3. The summed E-state index contributed by atoms with van der Waals surface area (Å²) >= 11 is 0. The molecule has 1 amide bonds. The quantitative estimate of drug-likeness (QED) is 0.550. The minimum Gasteiger partial charge on any atom is -0.337 e. The molecule has 0 saturated carbocycles. The summed E-state index contributed by atoms with van der Waals surface area (Å²) in [5.74, 6) is 0.362. The Morgan fingerprint density at radius 2 is 1.67 bits per heavy atom. The number of nitrogens with zero attached hydrogens (tertiary/aromatic N) is 1. The Hall–Kier alpha value is -0.530. The standard InChI is InChI=1S/C16H33NO/c1-6-10-13-15(11-7-2)17(14(5)9-4)16(18)12-8-3/h14-15H,6-13H2,1-5H3. The fourth-order valence-electron chi connectivity index (χ4n) is 2.54. The van der Waals surface area contributed by atoms with Gasteiger partial charge in [0.2, 0.25) is 5.91 Å². The molecule has 0 radical (unpaired) electrons. The molecular weight excluding hydrogens is 222 g/mol. The molecule has 0 aliphatic heterocycles. The lowest BCUT2D eigenvalue weighted by Gasteiger charge is -2.37. The molecule has 0 N–H and O–H groups in total. The van der Waals surface area contributed by atoms with E-state index in [1.807, 2.05) is 0 Å². The van der Waals surface area contributed by atoms with Crippen molar-refractivity contribution in [1.82, 2.24) is 4.90 Å². The van der Waals surface area contributed by atoms with Crippen molar-refractivity contribution in [2.45, 2.75) is 98.1 Å². The molecule has 0 saturated heterocycles. The Morgan fingerprint density at radius 3 is 2.11 bits per heavy atom. The average molecular weight is 255 g/mol. The van der Waals surface area contributed by atoms with Crippen LogP contribution in [0.25, 0.3) is 0 Å². The molecule has 0 heterocycles. The molecule has 108 valence electrons. The molecule has 2 atom stereocenters. The average Bonchev–Trinajstić information content (AvgIpc) is 2.36. The summed E-state index contributed by atoms with van der Waals surface area (Å²) in [6, 6.07) is 0.849. The van der Waals surface area contributed by atoms with Gasteiger partial charge >= 0.3 is 0 Å². The van der Waals surface area contributed by atoms with Gasteiger partial charge in [0.15, 0.2) is 0 Å². The van der Waals surface area contributed by atoms with Crippen LogP contribution in [-0.2, 0) is 4.79 Å². The van der Waals surface area contributed by atoms with Crippen LogP contribution >= 0.6 is 0 Å². The van der Waals surface area contributed by atoms with E-state index in [0.717, 1.165) is 19.3 Å². The highest BCUT2D eigenvalue weighted by Crippen LogP contribution is 2.20. The second-order valence-electron chi connectivity index (χ2n) is 5.39. The Morgan fingerprint density at radius 1 is 1.00 bits per heavy atom. The van der Waals surface area contributed by atoms with Crippen LogP contribution in [0.1, 0.15) is 86.0 Å². The summed E-state index contributed by atoms with van der Waals surface area (Å²) < 4.78 is 0. The fraction of sp³-hybridized carbons (Fsp3) is 0.938. The van der Waals surface area contributed by atoms with Crippen LogP contribution < -0.4 is 0 Å². The maximum Gasteiger partial charge on any atom is 0.223 e. The van der Waals surface area contributed by atoms with Gasteiger partial charge in [-0.1, -0.05) is 47.0 Å². The third-order valence-electron chi connectivity index (χ3n) is 3.72. The number of hydrogen-bond acceptors (Lipinski definition) is 1. The summed E-state index contributed by atoms with van der Waals surface area (Å²) in [6.45, 7) is 10.9. The van der Waals surface area contributed by atoms with E-state index in [2.05, 4.69) is 39.5 Å². The van der Waals surface area contributed by atoms with Gasteiger partial charge in [0, 0.05) is 18.5 Å². The monoisotopic (exact) mass is 255 g/mol. The van der Waals surface area contributed by atoms with E-state index in [0.29, 0.717) is 24.4 Å².